The molecule has 8 heteroatoms. The van der Waals surface area contributed by atoms with Crippen LogP contribution in [0.4, 0.5) is 14.5 Å². The fraction of sp³-hybridized carbons (Fsp3) is 0.556. The second kappa shape index (κ2) is 14.2. The zero-order valence-corrected chi connectivity index (χ0v) is 22.7. The molecular formula is C27H40ClF2N3O2. The van der Waals surface area contributed by atoms with Crippen LogP contribution in [0.15, 0.2) is 41.9 Å². The number of amides is 1. The summed E-state index contributed by atoms with van der Waals surface area (Å²) in [6.45, 7) is 16.1. The molecule has 0 fully saturated rings. The van der Waals surface area contributed by atoms with Crippen molar-refractivity contribution in [3.05, 3.63) is 52.5 Å². The first-order valence-corrected chi connectivity index (χ1v) is 12.7. The van der Waals surface area contributed by atoms with Crippen LogP contribution in [0.5, 0.6) is 0 Å². The second-order valence-corrected chi connectivity index (χ2v) is 9.17. The molecule has 196 valence electrons. The number of anilines is 1. The fourth-order valence-corrected chi connectivity index (χ4v) is 4.14. The number of hydrogen-bond donors (Lipinski definition) is 1. The van der Waals surface area contributed by atoms with Crippen LogP contribution < -0.4 is 5.32 Å². The highest BCUT2D eigenvalue weighted by molar-refractivity contribution is 6.33. The van der Waals surface area contributed by atoms with Gasteiger partial charge in [0.05, 0.1) is 10.7 Å². The van der Waals surface area contributed by atoms with Crippen molar-refractivity contribution in [3.63, 3.8) is 0 Å². The third kappa shape index (κ3) is 8.95. The number of ketones is 1. The van der Waals surface area contributed by atoms with Gasteiger partial charge < -0.3 is 15.1 Å². The van der Waals surface area contributed by atoms with E-state index in [-0.39, 0.29) is 28.6 Å². The van der Waals surface area contributed by atoms with Crippen molar-refractivity contribution in [3.8, 4) is 0 Å². The Balaban J connectivity index is 3.36. The van der Waals surface area contributed by atoms with Gasteiger partial charge >= 0.3 is 0 Å². The molecule has 0 aromatic heterocycles. The SMILES string of the molecule is C=C(C)N(CC(=O)Nc1ccc(C(C)(F)F)cc1Cl)/C(CC)=C(\C(=O)CCC)N(CCC)CCC. The number of carbonyl (C=O) groups is 2. The molecule has 1 N–H and O–H groups in total. The van der Waals surface area contributed by atoms with Gasteiger partial charge in [-0.2, -0.15) is 0 Å². The minimum Gasteiger partial charge on any atom is -0.367 e. The minimum atomic E-state index is -3.03. The number of rotatable bonds is 15. The van der Waals surface area contributed by atoms with Gasteiger partial charge in [-0.15, -0.1) is 0 Å². The summed E-state index contributed by atoms with van der Waals surface area (Å²) < 4.78 is 27.2. The first-order chi connectivity index (χ1) is 16.4. The molecule has 0 atom stereocenters. The van der Waals surface area contributed by atoms with Gasteiger partial charge in [0.25, 0.3) is 5.92 Å². The van der Waals surface area contributed by atoms with Crippen LogP contribution in [-0.2, 0) is 15.5 Å². The van der Waals surface area contributed by atoms with E-state index in [0.717, 1.165) is 51.0 Å². The van der Waals surface area contributed by atoms with Crippen LogP contribution in [0.3, 0.4) is 0 Å². The Morgan fingerprint density at radius 3 is 2.11 bits per heavy atom. The first kappa shape index (κ1) is 30.6. The third-order valence-electron chi connectivity index (χ3n) is 5.49. The van der Waals surface area contributed by atoms with E-state index in [2.05, 4.69) is 30.6 Å². The number of alkyl halides is 2. The van der Waals surface area contributed by atoms with Gasteiger partial charge in [0.15, 0.2) is 5.78 Å². The van der Waals surface area contributed by atoms with E-state index in [9.17, 15) is 18.4 Å². The first-order valence-electron chi connectivity index (χ1n) is 12.3. The lowest BCUT2D eigenvalue weighted by Gasteiger charge is -2.34. The monoisotopic (exact) mass is 511 g/mol. The molecule has 0 heterocycles. The number of hydrogen-bond acceptors (Lipinski definition) is 4. The average molecular weight is 512 g/mol. The molecule has 0 unspecified atom stereocenters. The quantitative estimate of drug-likeness (QED) is 0.250. The summed E-state index contributed by atoms with van der Waals surface area (Å²) in [4.78, 5) is 30.1. The molecule has 1 rings (SSSR count). The molecule has 0 radical (unpaired) electrons. The Bertz CT molecular complexity index is 919. The normalized spacial score (nSPS) is 12.1. The number of Topliss-reactive ketones (excluding diaryl/α,β-unsaturated/α-hetero) is 1. The molecule has 0 aliphatic heterocycles. The van der Waals surface area contributed by atoms with Crippen LogP contribution in [0.2, 0.25) is 5.02 Å². The highest BCUT2D eigenvalue weighted by Crippen LogP contribution is 2.32. The van der Waals surface area contributed by atoms with E-state index in [1.165, 1.54) is 12.1 Å². The minimum absolute atomic E-state index is 0.0291. The van der Waals surface area contributed by atoms with Gasteiger partial charge in [0.1, 0.15) is 12.2 Å². The van der Waals surface area contributed by atoms with Crippen molar-refractivity contribution >= 4 is 29.0 Å². The molecule has 0 aliphatic carbocycles. The number of halogens is 3. The molecule has 1 amide bonds. The molecule has 35 heavy (non-hydrogen) atoms. The summed E-state index contributed by atoms with van der Waals surface area (Å²) in [7, 11) is 0. The number of allylic oxidation sites excluding steroid dienone is 3. The van der Waals surface area contributed by atoms with Crippen molar-refractivity contribution in [1.29, 1.82) is 0 Å². The number of benzene rings is 1. The van der Waals surface area contributed by atoms with Crippen LogP contribution in [0.25, 0.3) is 0 Å². The van der Waals surface area contributed by atoms with Crippen molar-refractivity contribution < 1.29 is 18.4 Å². The Morgan fingerprint density at radius 1 is 1.09 bits per heavy atom. The number of nitrogens with one attached hydrogen (secondary N) is 1. The lowest BCUT2D eigenvalue weighted by molar-refractivity contribution is -0.118. The maximum absolute atomic E-state index is 13.6. The van der Waals surface area contributed by atoms with E-state index >= 15 is 0 Å². The summed E-state index contributed by atoms with van der Waals surface area (Å²) >= 11 is 6.17. The van der Waals surface area contributed by atoms with Crippen molar-refractivity contribution in [2.75, 3.05) is 25.0 Å². The third-order valence-corrected chi connectivity index (χ3v) is 5.80. The lowest BCUT2D eigenvalue weighted by atomic mass is 10.1. The Hall–Kier alpha value is -2.41. The zero-order valence-electron chi connectivity index (χ0n) is 21.9. The summed E-state index contributed by atoms with van der Waals surface area (Å²) in [5, 5.41) is 2.74. The van der Waals surface area contributed by atoms with E-state index in [1.54, 1.807) is 11.8 Å². The van der Waals surface area contributed by atoms with Crippen LogP contribution >= 0.6 is 11.6 Å². The Labute approximate surface area is 214 Å². The lowest BCUT2D eigenvalue weighted by Crippen LogP contribution is -2.37. The standard InChI is InChI=1S/C27H40ClF2N3O2/c1-8-12-24(34)26(32(15-9-2)16-10-3)23(11-4)33(19(5)6)18-25(35)31-22-14-13-20(17-21(22)28)27(7,29)30/h13-14,17H,5,8-12,15-16,18H2,1-4,6-7H3,(H,31,35)/b26-23+. The van der Waals surface area contributed by atoms with Crippen molar-refractivity contribution in [2.45, 2.75) is 79.6 Å². The van der Waals surface area contributed by atoms with E-state index < -0.39 is 11.8 Å². The molecule has 0 saturated carbocycles. The van der Waals surface area contributed by atoms with Gasteiger partial charge in [-0.25, -0.2) is 8.78 Å². The molecule has 0 spiro atoms. The molecule has 0 aliphatic rings. The molecule has 5 nitrogen and oxygen atoms in total. The van der Waals surface area contributed by atoms with E-state index in [1.807, 2.05) is 13.8 Å². The molecule has 1 aromatic carbocycles. The van der Waals surface area contributed by atoms with Crippen LogP contribution in [-0.4, -0.2) is 41.1 Å². The zero-order chi connectivity index (χ0) is 26.8. The van der Waals surface area contributed by atoms with E-state index in [4.69, 9.17) is 11.6 Å². The molecule has 0 saturated heterocycles. The van der Waals surface area contributed by atoms with Gasteiger partial charge in [-0.3, -0.25) is 9.59 Å². The highest BCUT2D eigenvalue weighted by Gasteiger charge is 2.27. The van der Waals surface area contributed by atoms with Crippen LogP contribution in [0.1, 0.15) is 79.2 Å². The highest BCUT2D eigenvalue weighted by atomic mass is 35.5. The predicted molar refractivity (Wildman–Crippen MR) is 141 cm³/mol. The maximum Gasteiger partial charge on any atom is 0.270 e. The average Bonchev–Trinajstić information content (AvgIpc) is 2.76. The number of carbonyl (C=O) groups excluding carboxylic acids is 2. The maximum atomic E-state index is 13.6. The summed E-state index contributed by atoms with van der Waals surface area (Å²) in [6.07, 6.45) is 3.46. The van der Waals surface area contributed by atoms with Gasteiger partial charge in [-0.05, 0) is 44.7 Å². The van der Waals surface area contributed by atoms with Gasteiger partial charge in [0.2, 0.25) is 5.91 Å². The summed E-state index contributed by atoms with van der Waals surface area (Å²) in [5.41, 5.74) is 2.03. The molecule has 0 bridgehead atoms. The predicted octanol–water partition coefficient (Wildman–Crippen LogP) is 7.34. The topological polar surface area (TPSA) is 52.7 Å². The molecule has 1 aromatic rings. The largest absolute Gasteiger partial charge is 0.367 e. The fourth-order valence-electron chi connectivity index (χ4n) is 3.91. The van der Waals surface area contributed by atoms with Gasteiger partial charge in [-0.1, -0.05) is 51.9 Å². The van der Waals surface area contributed by atoms with Crippen molar-refractivity contribution in [2.24, 2.45) is 0 Å². The number of nitrogens with zero attached hydrogens (tertiary/aromatic N) is 2. The smallest absolute Gasteiger partial charge is 0.270 e. The molecular weight excluding hydrogens is 472 g/mol. The Morgan fingerprint density at radius 2 is 1.69 bits per heavy atom. The van der Waals surface area contributed by atoms with Crippen molar-refractivity contribution in [1.82, 2.24) is 9.80 Å². The van der Waals surface area contributed by atoms with Crippen LogP contribution in [0, 0.1) is 0 Å². The van der Waals surface area contributed by atoms with E-state index in [0.29, 0.717) is 24.2 Å². The second-order valence-electron chi connectivity index (χ2n) is 8.76. The summed E-state index contributed by atoms with van der Waals surface area (Å²) in [5.74, 6) is -3.37. The van der Waals surface area contributed by atoms with Gasteiger partial charge in [0, 0.05) is 43.4 Å². The Kier molecular flexibility index (Phi) is 12.4. The summed E-state index contributed by atoms with van der Waals surface area (Å²) in [6, 6.07) is 3.76.